The molecule has 0 aliphatic carbocycles. The highest BCUT2D eigenvalue weighted by molar-refractivity contribution is 5.63. The van der Waals surface area contributed by atoms with Gasteiger partial charge in [-0.25, -0.2) is 8.78 Å². The first-order chi connectivity index (χ1) is 10.6. The lowest BCUT2D eigenvalue weighted by atomic mass is 10.0. The van der Waals surface area contributed by atoms with Crippen LogP contribution >= 0.6 is 0 Å². The van der Waals surface area contributed by atoms with E-state index in [-0.39, 0.29) is 0 Å². The van der Waals surface area contributed by atoms with Crippen LogP contribution in [0.25, 0.3) is 11.1 Å². The van der Waals surface area contributed by atoms with Gasteiger partial charge in [-0.05, 0) is 50.1 Å². The lowest BCUT2D eigenvalue weighted by Crippen LogP contribution is -2.36. The summed E-state index contributed by atoms with van der Waals surface area (Å²) < 4.78 is 26.9. The molecular weight excluding hydrogens is 282 g/mol. The molecule has 2 heterocycles. The van der Waals surface area contributed by atoms with E-state index in [4.69, 9.17) is 0 Å². The zero-order valence-electron chi connectivity index (χ0n) is 12.7. The number of likely N-dealkylation sites (tertiary alicyclic amines) is 1. The summed E-state index contributed by atoms with van der Waals surface area (Å²) in [6.45, 7) is 4.16. The van der Waals surface area contributed by atoms with Gasteiger partial charge in [0, 0.05) is 42.2 Å². The van der Waals surface area contributed by atoms with Crippen molar-refractivity contribution >= 4 is 0 Å². The summed E-state index contributed by atoms with van der Waals surface area (Å²) in [4.78, 5) is 6.66. The molecule has 1 aliphatic heterocycles. The molecule has 1 aromatic heterocycles. The van der Waals surface area contributed by atoms with E-state index in [1.54, 1.807) is 6.20 Å². The van der Waals surface area contributed by atoms with Crippen molar-refractivity contribution in [2.45, 2.75) is 38.8 Å². The third kappa shape index (κ3) is 3.33. The molecule has 2 nitrogen and oxygen atoms in total. The van der Waals surface area contributed by atoms with Crippen LogP contribution in [0.15, 0.2) is 36.7 Å². The number of halogens is 2. The van der Waals surface area contributed by atoms with Gasteiger partial charge in [-0.1, -0.05) is 6.42 Å². The van der Waals surface area contributed by atoms with E-state index in [1.165, 1.54) is 31.4 Å². The summed E-state index contributed by atoms with van der Waals surface area (Å²) in [6.07, 6.45) is 7.19. The molecule has 1 atom stereocenters. The van der Waals surface area contributed by atoms with Crippen molar-refractivity contribution in [3.05, 3.63) is 53.9 Å². The van der Waals surface area contributed by atoms with Gasteiger partial charge in [0.2, 0.25) is 0 Å². The third-order valence-corrected chi connectivity index (χ3v) is 4.36. The van der Waals surface area contributed by atoms with Crippen molar-refractivity contribution in [2.75, 3.05) is 6.54 Å². The minimum atomic E-state index is -0.562. The van der Waals surface area contributed by atoms with E-state index in [0.29, 0.717) is 17.2 Å². The van der Waals surface area contributed by atoms with Crippen molar-refractivity contribution in [3.8, 4) is 11.1 Å². The first kappa shape index (κ1) is 15.1. The number of aromatic nitrogens is 1. The normalized spacial score (nSPS) is 19.3. The average molecular weight is 302 g/mol. The Bertz CT molecular complexity index is 657. The molecule has 1 aliphatic rings. The predicted octanol–water partition coefficient (Wildman–Crippen LogP) is 4.40. The van der Waals surface area contributed by atoms with Gasteiger partial charge < -0.3 is 0 Å². The molecule has 1 saturated heterocycles. The molecule has 0 bridgehead atoms. The van der Waals surface area contributed by atoms with Crippen LogP contribution in [0.1, 0.15) is 31.7 Å². The molecule has 0 saturated carbocycles. The van der Waals surface area contributed by atoms with Crippen LogP contribution in [0.3, 0.4) is 0 Å². The molecule has 1 fully saturated rings. The molecule has 0 N–H and O–H groups in total. The zero-order chi connectivity index (χ0) is 15.5. The second kappa shape index (κ2) is 6.53. The Morgan fingerprint density at radius 2 is 2.05 bits per heavy atom. The highest BCUT2D eigenvalue weighted by atomic mass is 19.1. The summed E-state index contributed by atoms with van der Waals surface area (Å²) >= 11 is 0. The zero-order valence-corrected chi connectivity index (χ0v) is 12.7. The average Bonchev–Trinajstić information content (AvgIpc) is 2.50. The first-order valence-corrected chi connectivity index (χ1v) is 7.77. The van der Waals surface area contributed by atoms with E-state index < -0.39 is 11.6 Å². The second-order valence-corrected chi connectivity index (χ2v) is 6.02. The van der Waals surface area contributed by atoms with E-state index in [2.05, 4.69) is 16.8 Å². The van der Waals surface area contributed by atoms with Crippen LogP contribution in [-0.4, -0.2) is 22.5 Å². The molecule has 4 heteroatoms. The van der Waals surface area contributed by atoms with Crippen molar-refractivity contribution < 1.29 is 8.78 Å². The Morgan fingerprint density at radius 3 is 2.82 bits per heavy atom. The van der Waals surface area contributed by atoms with E-state index in [0.717, 1.165) is 24.7 Å². The maximum absolute atomic E-state index is 13.9. The molecule has 1 unspecified atom stereocenters. The van der Waals surface area contributed by atoms with Gasteiger partial charge in [0.1, 0.15) is 11.6 Å². The van der Waals surface area contributed by atoms with Gasteiger partial charge in [-0.2, -0.15) is 0 Å². The van der Waals surface area contributed by atoms with Crippen LogP contribution in [0.5, 0.6) is 0 Å². The molecule has 22 heavy (non-hydrogen) atoms. The summed E-state index contributed by atoms with van der Waals surface area (Å²) in [5.41, 5.74) is 2.15. The summed E-state index contributed by atoms with van der Waals surface area (Å²) in [5.74, 6) is -1.11. The lowest BCUT2D eigenvalue weighted by Gasteiger charge is -2.33. The van der Waals surface area contributed by atoms with Crippen molar-refractivity contribution in [1.82, 2.24) is 9.88 Å². The Hall–Kier alpha value is -1.81. The van der Waals surface area contributed by atoms with Crippen LogP contribution < -0.4 is 0 Å². The first-order valence-electron chi connectivity index (χ1n) is 7.77. The molecule has 116 valence electrons. The fourth-order valence-electron chi connectivity index (χ4n) is 3.07. The van der Waals surface area contributed by atoms with Crippen molar-refractivity contribution in [3.63, 3.8) is 0 Å². The standard InChI is InChI=1S/C18H20F2N2/c1-13-4-2-3-7-22(13)12-14-8-15(11-21-10-14)17-6-5-16(19)9-18(17)20/h5-6,8-11,13H,2-4,7,12H2,1H3. The van der Waals surface area contributed by atoms with Gasteiger partial charge in [0.05, 0.1) is 0 Å². The van der Waals surface area contributed by atoms with Crippen molar-refractivity contribution in [2.24, 2.45) is 0 Å². The molecule has 0 radical (unpaired) electrons. The molecule has 2 aromatic rings. The second-order valence-electron chi connectivity index (χ2n) is 6.02. The van der Waals surface area contributed by atoms with E-state index >= 15 is 0 Å². The smallest absolute Gasteiger partial charge is 0.133 e. The third-order valence-electron chi connectivity index (χ3n) is 4.36. The number of hydrogen-bond donors (Lipinski definition) is 0. The molecule has 3 rings (SSSR count). The molecule has 0 amide bonds. The number of rotatable bonds is 3. The van der Waals surface area contributed by atoms with E-state index in [1.807, 2.05) is 12.3 Å². The maximum atomic E-state index is 13.9. The molecule has 1 aromatic carbocycles. The Kier molecular flexibility index (Phi) is 4.48. The predicted molar refractivity (Wildman–Crippen MR) is 83.3 cm³/mol. The Morgan fingerprint density at radius 1 is 1.18 bits per heavy atom. The van der Waals surface area contributed by atoms with Gasteiger partial charge in [0.25, 0.3) is 0 Å². The minimum absolute atomic E-state index is 0.391. The van der Waals surface area contributed by atoms with Crippen LogP contribution in [0.2, 0.25) is 0 Å². The Balaban J connectivity index is 1.83. The maximum Gasteiger partial charge on any atom is 0.133 e. The SMILES string of the molecule is CC1CCCCN1Cc1cncc(-c2ccc(F)cc2F)c1. The number of hydrogen-bond acceptors (Lipinski definition) is 2. The topological polar surface area (TPSA) is 16.1 Å². The minimum Gasteiger partial charge on any atom is -0.296 e. The highest BCUT2D eigenvalue weighted by Crippen LogP contribution is 2.25. The van der Waals surface area contributed by atoms with E-state index in [9.17, 15) is 8.78 Å². The summed E-state index contributed by atoms with van der Waals surface area (Å²) in [6, 6.07) is 6.17. The Labute approximate surface area is 129 Å². The van der Waals surface area contributed by atoms with Crippen LogP contribution in [0.4, 0.5) is 8.78 Å². The quantitative estimate of drug-likeness (QED) is 0.835. The van der Waals surface area contributed by atoms with Crippen LogP contribution in [0, 0.1) is 11.6 Å². The molecule has 0 spiro atoms. The van der Waals surface area contributed by atoms with Gasteiger partial charge >= 0.3 is 0 Å². The van der Waals surface area contributed by atoms with Crippen LogP contribution in [-0.2, 0) is 6.54 Å². The van der Waals surface area contributed by atoms with Gasteiger partial charge in [-0.15, -0.1) is 0 Å². The van der Waals surface area contributed by atoms with Gasteiger partial charge in [0.15, 0.2) is 0 Å². The highest BCUT2D eigenvalue weighted by Gasteiger charge is 2.18. The number of nitrogens with zero attached hydrogens (tertiary/aromatic N) is 2. The number of piperidine rings is 1. The largest absolute Gasteiger partial charge is 0.296 e. The number of pyridine rings is 1. The molecular formula is C18H20F2N2. The fraction of sp³-hybridized carbons (Fsp3) is 0.389. The lowest BCUT2D eigenvalue weighted by molar-refractivity contribution is 0.152. The van der Waals surface area contributed by atoms with Gasteiger partial charge in [-0.3, -0.25) is 9.88 Å². The summed E-state index contributed by atoms with van der Waals surface area (Å²) in [7, 11) is 0. The number of benzene rings is 1. The fourth-order valence-corrected chi connectivity index (χ4v) is 3.07. The summed E-state index contributed by atoms with van der Waals surface area (Å²) in [5, 5.41) is 0. The monoisotopic (exact) mass is 302 g/mol. The van der Waals surface area contributed by atoms with Crippen molar-refractivity contribution in [1.29, 1.82) is 0 Å².